The van der Waals surface area contributed by atoms with Crippen LogP contribution in [0.5, 0.6) is 0 Å². The second-order valence-electron chi connectivity index (χ2n) is 10.2. The zero-order valence-corrected chi connectivity index (χ0v) is 18.7. The number of rotatable bonds is 2. The first kappa shape index (κ1) is 19.6. The summed E-state index contributed by atoms with van der Waals surface area (Å²) in [5.41, 5.74) is 3.32. The molecule has 1 aromatic heterocycles. The predicted octanol–water partition coefficient (Wildman–Crippen LogP) is 4.17. The lowest BCUT2D eigenvalue weighted by Gasteiger charge is -2.57. The van der Waals surface area contributed by atoms with Crippen molar-refractivity contribution in [3.63, 3.8) is 0 Å². The lowest BCUT2D eigenvalue weighted by molar-refractivity contribution is -0.0218. The van der Waals surface area contributed by atoms with E-state index in [-0.39, 0.29) is 10.8 Å². The summed E-state index contributed by atoms with van der Waals surface area (Å²) in [6.45, 7) is 6.27. The normalized spacial score (nSPS) is 40.3. The molecule has 6 heteroatoms. The molecule has 29 heavy (non-hydrogen) atoms. The van der Waals surface area contributed by atoms with E-state index in [1.807, 2.05) is 12.5 Å². The summed E-state index contributed by atoms with van der Waals surface area (Å²) in [4.78, 5) is 4.26. The third-order valence-corrected chi connectivity index (χ3v) is 10.3. The lowest BCUT2D eigenvalue weighted by atomic mass is 9.48. The highest BCUT2D eigenvalue weighted by atomic mass is 32.2. The van der Waals surface area contributed by atoms with Crippen molar-refractivity contribution in [2.24, 2.45) is 28.6 Å². The van der Waals surface area contributed by atoms with Crippen molar-refractivity contribution in [3.05, 3.63) is 36.4 Å². The van der Waals surface area contributed by atoms with Crippen molar-refractivity contribution < 1.29 is 8.42 Å². The van der Waals surface area contributed by atoms with Crippen molar-refractivity contribution in [2.75, 3.05) is 19.3 Å². The van der Waals surface area contributed by atoms with Gasteiger partial charge in [-0.15, -0.1) is 0 Å². The Morgan fingerprint density at radius 3 is 2.62 bits per heavy atom. The monoisotopic (exact) mass is 415 g/mol. The van der Waals surface area contributed by atoms with Gasteiger partial charge in [-0.3, -0.25) is 0 Å². The van der Waals surface area contributed by atoms with E-state index in [9.17, 15) is 8.42 Å². The van der Waals surface area contributed by atoms with E-state index in [1.165, 1.54) is 37.6 Å². The summed E-state index contributed by atoms with van der Waals surface area (Å²) in [6, 6.07) is 0. The van der Waals surface area contributed by atoms with Crippen LogP contribution >= 0.6 is 0 Å². The number of hydrogen-bond donors (Lipinski definition) is 0. The Balaban J connectivity index is 1.43. The molecular formula is C23H33N3O2S. The number of imidazole rings is 1. The van der Waals surface area contributed by atoms with Crippen molar-refractivity contribution in [3.8, 4) is 0 Å². The van der Waals surface area contributed by atoms with Crippen LogP contribution in [0.2, 0.25) is 0 Å². The van der Waals surface area contributed by atoms with Gasteiger partial charge in [0.1, 0.15) is 0 Å². The number of sulfonamides is 1. The molecule has 0 radical (unpaired) electrons. The zero-order valence-electron chi connectivity index (χ0n) is 17.8. The van der Waals surface area contributed by atoms with Gasteiger partial charge in [0.25, 0.3) is 0 Å². The highest BCUT2D eigenvalue weighted by Gasteiger charge is 2.56. The van der Waals surface area contributed by atoms with Crippen LogP contribution in [0, 0.1) is 28.6 Å². The van der Waals surface area contributed by atoms with Crippen molar-refractivity contribution in [2.45, 2.75) is 52.4 Å². The van der Waals surface area contributed by atoms with Crippen LogP contribution in [-0.2, 0) is 10.0 Å². The number of nitrogens with zero attached hydrogens (tertiary/aromatic N) is 3. The molecule has 158 valence electrons. The van der Waals surface area contributed by atoms with Crippen LogP contribution < -0.4 is 0 Å². The molecule has 3 fully saturated rings. The SMILES string of the molecule is C[C@]12CC[C@H]3[C@@H](CCC4CCN(S(C)(=O)=O)CC[C@@]43C)C1=CC=C2n1ccnc1. The van der Waals surface area contributed by atoms with E-state index >= 15 is 0 Å². The van der Waals surface area contributed by atoms with Gasteiger partial charge in [0.2, 0.25) is 10.0 Å². The Morgan fingerprint density at radius 1 is 1.07 bits per heavy atom. The van der Waals surface area contributed by atoms with E-state index in [0.29, 0.717) is 30.8 Å². The van der Waals surface area contributed by atoms with E-state index < -0.39 is 10.0 Å². The summed E-state index contributed by atoms with van der Waals surface area (Å²) < 4.78 is 28.3. The molecule has 1 aromatic rings. The van der Waals surface area contributed by atoms with Gasteiger partial charge in [0.05, 0.1) is 12.6 Å². The van der Waals surface area contributed by atoms with Crippen LogP contribution in [-0.4, -0.2) is 41.6 Å². The van der Waals surface area contributed by atoms with Crippen LogP contribution in [0.25, 0.3) is 5.70 Å². The Hall–Kier alpha value is -1.40. The minimum atomic E-state index is -3.10. The average molecular weight is 416 g/mol. The first-order chi connectivity index (χ1) is 13.7. The van der Waals surface area contributed by atoms with Crippen LogP contribution in [0.3, 0.4) is 0 Å². The first-order valence-electron chi connectivity index (χ1n) is 11.1. The zero-order chi connectivity index (χ0) is 20.4. The number of aromatic nitrogens is 2. The number of allylic oxidation sites excluding steroid dienone is 4. The summed E-state index contributed by atoms with van der Waals surface area (Å²) in [5.74, 6) is 1.93. The van der Waals surface area contributed by atoms with Gasteiger partial charge in [0.15, 0.2) is 0 Å². The van der Waals surface area contributed by atoms with E-state index in [1.54, 1.807) is 9.88 Å². The molecule has 2 heterocycles. The van der Waals surface area contributed by atoms with E-state index in [4.69, 9.17) is 0 Å². The fraction of sp³-hybridized carbons (Fsp3) is 0.696. The molecule has 0 N–H and O–H groups in total. The molecule has 0 spiro atoms. The summed E-state index contributed by atoms with van der Waals surface area (Å²) in [6.07, 6.45) is 18.8. The third kappa shape index (κ3) is 2.89. The van der Waals surface area contributed by atoms with Gasteiger partial charge in [-0.2, -0.15) is 0 Å². The maximum absolute atomic E-state index is 12.2. The molecule has 1 unspecified atom stereocenters. The van der Waals surface area contributed by atoms with Gasteiger partial charge < -0.3 is 4.57 Å². The van der Waals surface area contributed by atoms with Gasteiger partial charge in [0, 0.05) is 36.6 Å². The molecule has 5 rings (SSSR count). The molecule has 0 amide bonds. The van der Waals surface area contributed by atoms with Crippen molar-refractivity contribution in [1.29, 1.82) is 0 Å². The Bertz CT molecular complexity index is 964. The topological polar surface area (TPSA) is 55.2 Å². The molecule has 0 aromatic carbocycles. The van der Waals surface area contributed by atoms with Gasteiger partial charge in [-0.25, -0.2) is 17.7 Å². The van der Waals surface area contributed by atoms with E-state index in [0.717, 1.165) is 12.8 Å². The second-order valence-corrected chi connectivity index (χ2v) is 12.2. The summed E-state index contributed by atoms with van der Waals surface area (Å²) >= 11 is 0. The number of fused-ring (bicyclic) bond motifs is 5. The van der Waals surface area contributed by atoms with Crippen LogP contribution in [0.15, 0.2) is 36.4 Å². The minimum Gasteiger partial charge on any atom is -0.309 e. The predicted molar refractivity (Wildman–Crippen MR) is 115 cm³/mol. The Labute approximate surface area is 174 Å². The fourth-order valence-electron chi connectivity index (χ4n) is 7.26. The molecule has 3 aliphatic carbocycles. The maximum Gasteiger partial charge on any atom is 0.211 e. The smallest absolute Gasteiger partial charge is 0.211 e. The summed E-state index contributed by atoms with van der Waals surface area (Å²) in [7, 11) is -3.10. The average Bonchev–Trinajstić information content (AvgIpc) is 3.24. The highest BCUT2D eigenvalue weighted by Crippen LogP contribution is 2.64. The molecular weight excluding hydrogens is 382 g/mol. The van der Waals surface area contributed by atoms with E-state index in [2.05, 4.69) is 41.7 Å². The highest BCUT2D eigenvalue weighted by molar-refractivity contribution is 7.88. The van der Waals surface area contributed by atoms with Crippen molar-refractivity contribution >= 4 is 15.7 Å². The minimum absolute atomic E-state index is 0.106. The molecule has 4 aliphatic rings. The Morgan fingerprint density at radius 2 is 1.90 bits per heavy atom. The molecule has 2 saturated carbocycles. The van der Waals surface area contributed by atoms with Crippen LogP contribution in [0.1, 0.15) is 52.4 Å². The first-order valence-corrected chi connectivity index (χ1v) is 12.9. The van der Waals surface area contributed by atoms with Gasteiger partial charge in [-0.1, -0.05) is 25.5 Å². The second kappa shape index (κ2) is 6.55. The Kier molecular flexibility index (Phi) is 4.42. The standard InChI is InChI=1S/C23H33N3O2S/c1-22-11-14-26(29(3,27)28)13-9-17(22)4-5-18-19-6-7-21(25-15-12-24-16-25)23(19,2)10-8-20(18)22/h6-7,12,15-18,20H,4-5,8-11,13-14H2,1-3H3/t17?,18-,20-,22-,23-/m0/s1. The lowest BCUT2D eigenvalue weighted by Crippen LogP contribution is -2.49. The number of hydrogen-bond acceptors (Lipinski definition) is 3. The van der Waals surface area contributed by atoms with Crippen molar-refractivity contribution in [1.82, 2.24) is 13.9 Å². The maximum atomic E-state index is 12.2. The van der Waals surface area contributed by atoms with Gasteiger partial charge >= 0.3 is 0 Å². The summed E-state index contributed by atoms with van der Waals surface area (Å²) in [5, 5.41) is 0. The largest absolute Gasteiger partial charge is 0.309 e. The molecule has 5 atom stereocenters. The third-order valence-electron chi connectivity index (χ3n) is 8.95. The quantitative estimate of drug-likeness (QED) is 0.728. The van der Waals surface area contributed by atoms with Crippen LogP contribution in [0.4, 0.5) is 0 Å². The molecule has 5 nitrogen and oxygen atoms in total. The molecule has 0 bridgehead atoms. The fourth-order valence-corrected chi connectivity index (χ4v) is 8.12. The van der Waals surface area contributed by atoms with Gasteiger partial charge in [-0.05, 0) is 67.8 Å². The molecule has 1 aliphatic heterocycles. The molecule has 1 saturated heterocycles.